The van der Waals surface area contributed by atoms with Crippen LogP contribution in [0.15, 0.2) is 24.3 Å². The quantitative estimate of drug-likeness (QED) is 0.494. The monoisotopic (exact) mass is 304 g/mol. The first-order valence-corrected chi connectivity index (χ1v) is 7.54. The first kappa shape index (κ1) is 14.6. The molecule has 1 aromatic rings. The van der Waals surface area contributed by atoms with Crippen molar-refractivity contribution in [1.29, 1.82) is 0 Å². The zero-order valence-electron chi connectivity index (χ0n) is 12.2. The summed E-state index contributed by atoms with van der Waals surface area (Å²) in [5.41, 5.74) is 0.362. The van der Waals surface area contributed by atoms with Crippen LogP contribution < -0.4 is 9.80 Å². The Labute approximate surface area is 127 Å². The van der Waals surface area contributed by atoms with Gasteiger partial charge in [-0.2, -0.15) is 0 Å². The number of imide groups is 1. The number of likely N-dealkylation sites (tertiary alicyclic amines) is 1. The number of amides is 2. The van der Waals surface area contributed by atoms with Crippen LogP contribution >= 0.6 is 0 Å². The molecule has 2 aliphatic heterocycles. The second-order valence-corrected chi connectivity index (χ2v) is 5.82. The molecule has 2 aliphatic rings. The van der Waals surface area contributed by atoms with E-state index in [0.717, 1.165) is 25.9 Å². The van der Waals surface area contributed by atoms with E-state index in [2.05, 4.69) is 0 Å². The van der Waals surface area contributed by atoms with E-state index in [1.165, 1.54) is 40.5 Å². The number of hydrogen-bond donors (Lipinski definition) is 1. The minimum Gasteiger partial charge on any atom is -0.324 e. The van der Waals surface area contributed by atoms with Crippen molar-refractivity contribution in [3.63, 3.8) is 0 Å². The van der Waals surface area contributed by atoms with Crippen LogP contribution in [0.2, 0.25) is 0 Å². The molecule has 2 saturated heterocycles. The van der Waals surface area contributed by atoms with E-state index >= 15 is 0 Å². The highest BCUT2D eigenvalue weighted by molar-refractivity contribution is 6.21. The molecule has 0 aliphatic carbocycles. The fraction of sp³-hybridized carbons (Fsp3) is 0.467. The molecule has 1 aromatic carbocycles. The molecule has 2 amide bonds. The summed E-state index contributed by atoms with van der Waals surface area (Å²) < 4.78 is 0. The van der Waals surface area contributed by atoms with E-state index in [-0.39, 0.29) is 30.0 Å². The second-order valence-electron chi connectivity index (χ2n) is 5.82. The van der Waals surface area contributed by atoms with E-state index in [4.69, 9.17) is 0 Å². The van der Waals surface area contributed by atoms with Gasteiger partial charge in [0, 0.05) is 12.1 Å². The summed E-state index contributed by atoms with van der Waals surface area (Å²) in [7, 11) is 0. The topological polar surface area (TPSA) is 85.0 Å². The average molecular weight is 304 g/mol. The molecule has 0 radical (unpaired) electrons. The van der Waals surface area contributed by atoms with E-state index in [1.54, 1.807) is 0 Å². The van der Waals surface area contributed by atoms with Gasteiger partial charge < -0.3 is 4.90 Å². The summed E-state index contributed by atoms with van der Waals surface area (Å²) in [4.78, 5) is 37.3. The van der Waals surface area contributed by atoms with Crippen LogP contribution in [0.25, 0.3) is 0 Å². The molecule has 2 heterocycles. The van der Waals surface area contributed by atoms with Crippen LogP contribution in [0.1, 0.15) is 25.7 Å². The molecule has 116 valence electrons. The first-order chi connectivity index (χ1) is 10.6. The Morgan fingerprint density at radius 1 is 1.09 bits per heavy atom. The summed E-state index contributed by atoms with van der Waals surface area (Å²) in [5, 5.41) is 10.7. The van der Waals surface area contributed by atoms with Crippen molar-refractivity contribution in [1.82, 2.24) is 0 Å². The molecule has 22 heavy (non-hydrogen) atoms. The van der Waals surface area contributed by atoms with Crippen LogP contribution in [-0.2, 0) is 9.59 Å². The number of quaternary nitrogens is 1. The molecule has 1 N–H and O–H groups in total. The van der Waals surface area contributed by atoms with Crippen molar-refractivity contribution in [3.8, 4) is 0 Å². The number of piperidine rings is 1. The normalized spacial score (nSPS) is 23.1. The van der Waals surface area contributed by atoms with E-state index in [9.17, 15) is 19.7 Å². The highest BCUT2D eigenvalue weighted by atomic mass is 16.6. The number of anilines is 1. The summed E-state index contributed by atoms with van der Waals surface area (Å²) in [6.45, 7) is 1.86. The van der Waals surface area contributed by atoms with E-state index < -0.39 is 4.92 Å². The van der Waals surface area contributed by atoms with Crippen LogP contribution in [-0.4, -0.2) is 35.9 Å². The van der Waals surface area contributed by atoms with Crippen molar-refractivity contribution in [2.75, 3.05) is 18.0 Å². The smallest absolute Gasteiger partial charge is 0.292 e. The number of nitro benzene ring substituents is 1. The maximum atomic E-state index is 12.6. The predicted octanol–water partition coefficient (Wildman–Crippen LogP) is 0.296. The molecular weight excluding hydrogens is 286 g/mol. The molecule has 0 unspecified atom stereocenters. The molecule has 7 nitrogen and oxygen atoms in total. The summed E-state index contributed by atoms with van der Waals surface area (Å²) in [5.74, 6) is -0.405. The van der Waals surface area contributed by atoms with Crippen LogP contribution in [0.4, 0.5) is 11.4 Å². The van der Waals surface area contributed by atoms with Crippen molar-refractivity contribution in [2.24, 2.45) is 0 Å². The van der Waals surface area contributed by atoms with Gasteiger partial charge in [0.05, 0.1) is 30.1 Å². The fourth-order valence-electron chi connectivity index (χ4n) is 3.30. The van der Waals surface area contributed by atoms with Gasteiger partial charge in [-0.3, -0.25) is 19.7 Å². The lowest BCUT2D eigenvalue weighted by atomic mass is 10.1. The second kappa shape index (κ2) is 5.84. The number of carbonyl (C=O) groups is 2. The summed E-state index contributed by atoms with van der Waals surface area (Å²) >= 11 is 0. The third-order valence-corrected chi connectivity index (χ3v) is 4.45. The van der Waals surface area contributed by atoms with Gasteiger partial charge in [-0.25, -0.2) is 4.90 Å². The number of non-ortho nitro benzene ring substituents is 1. The van der Waals surface area contributed by atoms with Gasteiger partial charge in [0.25, 0.3) is 11.6 Å². The largest absolute Gasteiger partial charge is 0.324 e. The molecule has 7 heteroatoms. The number of carbonyl (C=O) groups excluding carboxylic acids is 2. The SMILES string of the molecule is O=C1C[C@H]([NH+]2CCCCC2)C(=O)N1c1ccc([N+](=O)[O-])cc1. The number of hydrogen-bond acceptors (Lipinski definition) is 4. The number of nitrogens with zero attached hydrogens (tertiary/aromatic N) is 2. The van der Waals surface area contributed by atoms with Gasteiger partial charge in [-0.05, 0) is 31.4 Å². The molecule has 2 fully saturated rings. The Morgan fingerprint density at radius 2 is 1.73 bits per heavy atom. The lowest BCUT2D eigenvalue weighted by Crippen LogP contribution is -3.17. The zero-order chi connectivity index (χ0) is 15.7. The van der Waals surface area contributed by atoms with Crippen molar-refractivity contribution in [2.45, 2.75) is 31.7 Å². The maximum Gasteiger partial charge on any atom is 0.292 e. The summed E-state index contributed by atoms with van der Waals surface area (Å²) in [6, 6.07) is 5.25. The Morgan fingerprint density at radius 3 is 2.32 bits per heavy atom. The number of rotatable bonds is 3. The molecule has 0 spiro atoms. The number of nitrogens with one attached hydrogen (secondary N) is 1. The third-order valence-electron chi connectivity index (χ3n) is 4.45. The predicted molar refractivity (Wildman–Crippen MR) is 78.5 cm³/mol. The van der Waals surface area contributed by atoms with E-state index in [1.807, 2.05) is 0 Å². The molecule has 1 atom stereocenters. The van der Waals surface area contributed by atoms with Crippen LogP contribution in [0.5, 0.6) is 0 Å². The van der Waals surface area contributed by atoms with Crippen molar-refractivity contribution < 1.29 is 19.4 Å². The first-order valence-electron chi connectivity index (χ1n) is 7.54. The minimum absolute atomic E-state index is 0.0546. The molecule has 0 saturated carbocycles. The summed E-state index contributed by atoms with van der Waals surface area (Å²) in [6.07, 6.45) is 3.59. The van der Waals surface area contributed by atoms with Gasteiger partial charge in [0.2, 0.25) is 5.91 Å². The minimum atomic E-state index is -0.502. The Bertz CT molecular complexity index is 608. The number of benzene rings is 1. The Kier molecular flexibility index (Phi) is 3.89. The lowest BCUT2D eigenvalue weighted by Gasteiger charge is -2.27. The van der Waals surface area contributed by atoms with E-state index in [0.29, 0.717) is 5.69 Å². The molecule has 0 aromatic heterocycles. The van der Waals surface area contributed by atoms with Gasteiger partial charge in [0.1, 0.15) is 0 Å². The Hall–Kier alpha value is -2.28. The van der Waals surface area contributed by atoms with Gasteiger partial charge >= 0.3 is 0 Å². The maximum absolute atomic E-state index is 12.6. The Balaban J connectivity index is 1.80. The third kappa shape index (κ3) is 2.59. The average Bonchev–Trinajstić information content (AvgIpc) is 2.83. The van der Waals surface area contributed by atoms with Crippen LogP contribution in [0.3, 0.4) is 0 Å². The number of nitro groups is 1. The zero-order valence-corrected chi connectivity index (χ0v) is 12.2. The standard InChI is InChI=1S/C15H17N3O4/c19-14-10-13(16-8-2-1-3-9-16)15(20)17(14)11-4-6-12(7-5-11)18(21)22/h4-7,13H,1-3,8-10H2/p+1/t13-/m0/s1. The van der Waals surface area contributed by atoms with Crippen molar-refractivity contribution >= 4 is 23.2 Å². The molecular formula is C15H18N3O4+. The van der Waals surface area contributed by atoms with Crippen molar-refractivity contribution in [3.05, 3.63) is 34.4 Å². The van der Waals surface area contributed by atoms with Gasteiger partial charge in [0.15, 0.2) is 6.04 Å². The highest BCUT2D eigenvalue weighted by Gasteiger charge is 2.45. The van der Waals surface area contributed by atoms with Crippen LogP contribution in [0, 0.1) is 10.1 Å². The van der Waals surface area contributed by atoms with Gasteiger partial charge in [-0.15, -0.1) is 0 Å². The fourth-order valence-corrected chi connectivity index (χ4v) is 3.30. The molecule has 0 bridgehead atoms. The molecule has 3 rings (SSSR count). The lowest BCUT2D eigenvalue weighted by molar-refractivity contribution is -0.919. The van der Waals surface area contributed by atoms with Gasteiger partial charge in [-0.1, -0.05) is 0 Å². The highest BCUT2D eigenvalue weighted by Crippen LogP contribution is 2.24.